The van der Waals surface area contributed by atoms with Gasteiger partial charge in [-0.05, 0) is 62.4 Å². The summed E-state index contributed by atoms with van der Waals surface area (Å²) in [6, 6.07) is 13.0. The van der Waals surface area contributed by atoms with E-state index in [1.165, 1.54) is 23.9 Å². The van der Waals surface area contributed by atoms with Gasteiger partial charge in [0.25, 0.3) is 0 Å². The molecule has 0 radical (unpaired) electrons. The SMILES string of the molecule is CCOc1ccc(NC(=O)CSc2nc(-c3ccc(F)cc3)nc3c2Cc2c(CO)cnc(C)c2O3)cc1. The third-order valence-corrected chi connectivity index (χ3v) is 6.97. The third-order valence-electron chi connectivity index (χ3n) is 5.95. The van der Waals surface area contributed by atoms with E-state index in [1.807, 2.05) is 13.8 Å². The molecule has 0 aliphatic carbocycles. The molecular formula is C28H25FN4O4S. The Bertz CT molecular complexity index is 1480. The van der Waals surface area contributed by atoms with E-state index >= 15 is 0 Å². The van der Waals surface area contributed by atoms with Crippen LogP contribution < -0.4 is 14.8 Å². The number of anilines is 1. The van der Waals surface area contributed by atoms with Gasteiger partial charge < -0.3 is 19.9 Å². The molecule has 0 atom stereocenters. The molecule has 5 rings (SSSR count). The summed E-state index contributed by atoms with van der Waals surface area (Å²) in [6.45, 7) is 4.12. The number of ether oxygens (including phenoxy) is 2. The van der Waals surface area contributed by atoms with E-state index in [9.17, 15) is 14.3 Å². The topological polar surface area (TPSA) is 106 Å². The van der Waals surface area contributed by atoms with Gasteiger partial charge in [0, 0.05) is 35.0 Å². The average Bonchev–Trinajstić information content (AvgIpc) is 2.93. The van der Waals surface area contributed by atoms with Gasteiger partial charge in [-0.25, -0.2) is 9.37 Å². The van der Waals surface area contributed by atoms with Crippen LogP contribution in [0.1, 0.15) is 29.3 Å². The molecule has 1 aliphatic heterocycles. The Morgan fingerprint density at radius 3 is 2.61 bits per heavy atom. The molecule has 0 unspecified atom stereocenters. The lowest BCUT2D eigenvalue weighted by Gasteiger charge is -2.24. The molecule has 3 heterocycles. The monoisotopic (exact) mass is 532 g/mol. The first-order valence-electron chi connectivity index (χ1n) is 12.0. The number of hydrogen-bond acceptors (Lipinski definition) is 8. The van der Waals surface area contributed by atoms with Crippen molar-refractivity contribution in [2.24, 2.45) is 0 Å². The number of carbonyl (C=O) groups is 1. The van der Waals surface area contributed by atoms with Crippen molar-refractivity contribution in [2.45, 2.75) is 31.9 Å². The second-order valence-electron chi connectivity index (χ2n) is 8.55. The second kappa shape index (κ2) is 11.2. The third kappa shape index (κ3) is 5.46. The molecule has 0 saturated heterocycles. The molecule has 38 heavy (non-hydrogen) atoms. The van der Waals surface area contributed by atoms with E-state index in [2.05, 4.69) is 15.3 Å². The minimum Gasteiger partial charge on any atom is -0.494 e. The molecule has 194 valence electrons. The molecule has 1 amide bonds. The highest BCUT2D eigenvalue weighted by molar-refractivity contribution is 8.00. The highest BCUT2D eigenvalue weighted by Gasteiger charge is 2.28. The molecular weight excluding hydrogens is 507 g/mol. The predicted octanol–water partition coefficient (Wildman–Crippen LogP) is 5.30. The first kappa shape index (κ1) is 25.6. The van der Waals surface area contributed by atoms with Gasteiger partial charge in [-0.3, -0.25) is 9.78 Å². The number of amides is 1. The number of nitrogens with zero attached hydrogens (tertiary/aromatic N) is 3. The summed E-state index contributed by atoms with van der Waals surface area (Å²) in [5.74, 6) is 1.51. The Labute approximate surface area is 223 Å². The zero-order valence-electron chi connectivity index (χ0n) is 20.8. The normalized spacial score (nSPS) is 11.8. The van der Waals surface area contributed by atoms with Crippen LogP contribution in [0.3, 0.4) is 0 Å². The number of fused-ring (bicyclic) bond motifs is 2. The maximum absolute atomic E-state index is 13.5. The Kier molecular flexibility index (Phi) is 7.52. The average molecular weight is 533 g/mol. The number of pyridine rings is 1. The van der Waals surface area contributed by atoms with Gasteiger partial charge in [0.05, 0.1) is 30.2 Å². The number of aryl methyl sites for hydroxylation is 1. The first-order valence-corrected chi connectivity index (χ1v) is 13.0. The van der Waals surface area contributed by atoms with E-state index in [4.69, 9.17) is 14.5 Å². The molecule has 2 aromatic heterocycles. The van der Waals surface area contributed by atoms with Crippen LogP contribution in [0.2, 0.25) is 0 Å². The highest BCUT2D eigenvalue weighted by Crippen LogP contribution is 2.42. The van der Waals surface area contributed by atoms with E-state index in [0.29, 0.717) is 63.6 Å². The van der Waals surface area contributed by atoms with Crippen LogP contribution in [0.5, 0.6) is 17.4 Å². The highest BCUT2D eigenvalue weighted by atomic mass is 32.2. The number of aromatic nitrogens is 3. The van der Waals surface area contributed by atoms with Crippen molar-refractivity contribution in [3.63, 3.8) is 0 Å². The van der Waals surface area contributed by atoms with Crippen LogP contribution in [0.4, 0.5) is 10.1 Å². The fraction of sp³-hybridized carbons (Fsp3) is 0.214. The van der Waals surface area contributed by atoms with E-state index in [0.717, 1.165) is 11.3 Å². The molecule has 10 heteroatoms. The molecule has 2 aromatic carbocycles. The van der Waals surface area contributed by atoms with Crippen LogP contribution in [-0.2, 0) is 17.8 Å². The predicted molar refractivity (Wildman–Crippen MR) is 142 cm³/mol. The Morgan fingerprint density at radius 2 is 1.89 bits per heavy atom. The summed E-state index contributed by atoms with van der Waals surface area (Å²) in [5, 5.41) is 13.3. The number of halogens is 1. The van der Waals surface area contributed by atoms with Crippen LogP contribution in [0, 0.1) is 12.7 Å². The molecule has 0 saturated carbocycles. The Balaban J connectivity index is 1.43. The summed E-state index contributed by atoms with van der Waals surface area (Å²) >= 11 is 1.26. The number of benzene rings is 2. The lowest BCUT2D eigenvalue weighted by Crippen LogP contribution is -2.16. The molecule has 2 N–H and O–H groups in total. The van der Waals surface area contributed by atoms with Crippen molar-refractivity contribution in [1.82, 2.24) is 15.0 Å². The van der Waals surface area contributed by atoms with Crippen molar-refractivity contribution in [3.8, 4) is 28.8 Å². The minimum absolute atomic E-state index is 0.0919. The van der Waals surface area contributed by atoms with Gasteiger partial charge in [-0.15, -0.1) is 0 Å². The smallest absolute Gasteiger partial charge is 0.234 e. The maximum atomic E-state index is 13.5. The lowest BCUT2D eigenvalue weighted by atomic mass is 9.99. The molecule has 4 aromatic rings. The fourth-order valence-electron chi connectivity index (χ4n) is 4.07. The summed E-state index contributed by atoms with van der Waals surface area (Å²) < 4.78 is 25.2. The van der Waals surface area contributed by atoms with Crippen LogP contribution in [-0.4, -0.2) is 38.3 Å². The Morgan fingerprint density at radius 1 is 1.13 bits per heavy atom. The zero-order valence-corrected chi connectivity index (χ0v) is 21.6. The van der Waals surface area contributed by atoms with Gasteiger partial charge in [0.15, 0.2) is 11.6 Å². The molecule has 0 bridgehead atoms. The summed E-state index contributed by atoms with van der Waals surface area (Å²) in [6.07, 6.45) is 2.05. The first-order chi connectivity index (χ1) is 18.4. The van der Waals surface area contributed by atoms with Gasteiger partial charge in [-0.2, -0.15) is 4.98 Å². The quantitative estimate of drug-likeness (QED) is 0.205. The number of hydrogen-bond donors (Lipinski definition) is 2. The van der Waals surface area contributed by atoms with Crippen molar-refractivity contribution in [1.29, 1.82) is 0 Å². The van der Waals surface area contributed by atoms with Gasteiger partial charge in [0.2, 0.25) is 11.8 Å². The number of rotatable bonds is 8. The number of aliphatic hydroxyl groups excluding tert-OH is 1. The molecule has 1 aliphatic rings. The Hall–Kier alpha value is -4.02. The van der Waals surface area contributed by atoms with E-state index in [1.54, 1.807) is 42.6 Å². The lowest BCUT2D eigenvalue weighted by molar-refractivity contribution is -0.113. The molecule has 0 spiro atoms. The largest absolute Gasteiger partial charge is 0.494 e. The minimum atomic E-state index is -0.365. The fourth-order valence-corrected chi connectivity index (χ4v) is 4.90. The zero-order chi connectivity index (χ0) is 26.6. The number of carbonyl (C=O) groups excluding carboxylic acids is 1. The van der Waals surface area contributed by atoms with Gasteiger partial charge in [0.1, 0.15) is 16.6 Å². The molecule has 0 fully saturated rings. The summed E-state index contributed by atoms with van der Waals surface area (Å²) in [5.41, 5.74) is 4.12. The maximum Gasteiger partial charge on any atom is 0.234 e. The standard InChI is InChI=1S/C28H25FN4O4S/c1-3-36-21-10-8-20(9-11-21)31-24(35)15-38-28-23-12-22-18(14-34)13-30-16(2)25(22)37-27(23)32-26(33-28)17-4-6-19(29)7-5-17/h4-11,13,34H,3,12,14-15H2,1-2H3,(H,31,35). The second-order valence-corrected chi connectivity index (χ2v) is 9.51. The van der Waals surface area contributed by atoms with E-state index < -0.39 is 0 Å². The van der Waals surface area contributed by atoms with Crippen molar-refractivity contribution in [2.75, 3.05) is 17.7 Å². The van der Waals surface area contributed by atoms with Gasteiger partial charge in [-0.1, -0.05) is 11.8 Å². The van der Waals surface area contributed by atoms with Crippen LogP contribution >= 0.6 is 11.8 Å². The summed E-state index contributed by atoms with van der Waals surface area (Å²) in [7, 11) is 0. The number of nitrogens with one attached hydrogen (secondary N) is 1. The van der Waals surface area contributed by atoms with Crippen molar-refractivity contribution in [3.05, 3.63) is 82.9 Å². The van der Waals surface area contributed by atoms with Crippen molar-refractivity contribution >= 4 is 23.4 Å². The van der Waals surface area contributed by atoms with E-state index in [-0.39, 0.29) is 24.1 Å². The van der Waals surface area contributed by atoms with Crippen LogP contribution in [0.25, 0.3) is 11.4 Å². The van der Waals surface area contributed by atoms with Crippen LogP contribution in [0.15, 0.2) is 59.8 Å². The number of aliphatic hydroxyl groups is 1. The molecule has 8 nitrogen and oxygen atoms in total. The number of thioether (sulfide) groups is 1. The summed E-state index contributed by atoms with van der Waals surface area (Å²) in [4.78, 5) is 26.4. The van der Waals surface area contributed by atoms with Crippen molar-refractivity contribution < 1.29 is 23.8 Å². The van der Waals surface area contributed by atoms with Gasteiger partial charge >= 0.3 is 0 Å².